The summed E-state index contributed by atoms with van der Waals surface area (Å²) in [6, 6.07) is 5.27. The van der Waals surface area contributed by atoms with E-state index in [-0.39, 0.29) is 12.0 Å². The summed E-state index contributed by atoms with van der Waals surface area (Å²) in [4.78, 5) is 23.1. The van der Waals surface area contributed by atoms with Crippen molar-refractivity contribution in [3.05, 3.63) is 39.5 Å². The summed E-state index contributed by atoms with van der Waals surface area (Å²) in [5, 5.41) is 9.74. The van der Waals surface area contributed by atoms with E-state index in [0.717, 1.165) is 10.7 Å². The van der Waals surface area contributed by atoms with Crippen LogP contribution in [0.25, 0.3) is 0 Å². The lowest BCUT2D eigenvalue weighted by atomic mass is 10.1. The van der Waals surface area contributed by atoms with E-state index in [0.29, 0.717) is 29.4 Å². The lowest BCUT2D eigenvalue weighted by molar-refractivity contribution is 0.0163. The Balaban J connectivity index is 1.59. The Bertz CT molecular complexity index is 759. The molecule has 0 N–H and O–H groups in total. The number of carbonyl (C=O) groups is 1. The number of hydrogen-bond donors (Lipinski definition) is 0. The minimum Gasteiger partial charge on any atom is -0.471 e. The number of hydrogen-bond acceptors (Lipinski definition) is 6. The Hall–Kier alpha value is -2.46. The van der Waals surface area contributed by atoms with Crippen LogP contribution in [0.1, 0.15) is 25.9 Å². The summed E-state index contributed by atoms with van der Waals surface area (Å²) in [6.45, 7) is 4.79. The van der Waals surface area contributed by atoms with E-state index < -0.39 is 0 Å². The molecule has 7 heteroatoms. The van der Waals surface area contributed by atoms with Crippen molar-refractivity contribution in [2.24, 2.45) is 0 Å². The number of pyridine rings is 1. The molecule has 0 unspecified atom stereocenters. The van der Waals surface area contributed by atoms with E-state index >= 15 is 0 Å². The number of nitrogens with zero attached hydrogens (tertiary/aromatic N) is 4. The molecule has 3 heterocycles. The van der Waals surface area contributed by atoms with Crippen LogP contribution in [0.15, 0.2) is 18.3 Å². The first-order valence-corrected chi connectivity index (χ1v) is 7.64. The highest BCUT2D eigenvalue weighted by atomic mass is 32.1. The predicted octanol–water partition coefficient (Wildman–Crippen LogP) is 1.93. The molecule has 0 spiro atoms. The molecule has 1 fully saturated rings. The van der Waals surface area contributed by atoms with Crippen molar-refractivity contribution in [2.75, 3.05) is 13.1 Å². The van der Waals surface area contributed by atoms with Crippen molar-refractivity contribution < 1.29 is 9.53 Å². The minimum absolute atomic E-state index is 0.00156. The molecule has 3 rings (SSSR count). The topological polar surface area (TPSA) is 79.1 Å². The zero-order chi connectivity index (χ0) is 15.7. The molecule has 0 saturated carbocycles. The van der Waals surface area contributed by atoms with Crippen LogP contribution in [-0.4, -0.2) is 40.0 Å². The maximum absolute atomic E-state index is 12.3. The number of aryl methyl sites for hydroxylation is 2. The van der Waals surface area contributed by atoms with E-state index in [1.54, 1.807) is 23.2 Å². The highest BCUT2D eigenvalue weighted by molar-refractivity contribution is 7.13. The number of likely N-dealkylation sites (tertiary alicyclic amines) is 1. The molecular formula is C15H14N4O2S. The fourth-order valence-electron chi connectivity index (χ4n) is 2.27. The van der Waals surface area contributed by atoms with Crippen LogP contribution in [0.4, 0.5) is 0 Å². The van der Waals surface area contributed by atoms with Crippen molar-refractivity contribution >= 4 is 17.2 Å². The van der Waals surface area contributed by atoms with Crippen LogP contribution < -0.4 is 4.74 Å². The Morgan fingerprint density at radius 2 is 2.27 bits per heavy atom. The standard InChI is InChI=1S/C15H14N4O2S/c1-9-14(22-10(2)18-9)15(20)19-7-12(8-19)21-13-5-11(6-16)3-4-17-13/h3-5,12H,7-8H2,1-2H3. The van der Waals surface area contributed by atoms with Gasteiger partial charge in [-0.3, -0.25) is 4.79 Å². The van der Waals surface area contributed by atoms with Crippen molar-refractivity contribution in [1.29, 1.82) is 5.26 Å². The summed E-state index contributed by atoms with van der Waals surface area (Å²) in [5.41, 5.74) is 1.29. The van der Waals surface area contributed by atoms with E-state index in [9.17, 15) is 4.79 Å². The van der Waals surface area contributed by atoms with Gasteiger partial charge in [-0.2, -0.15) is 5.26 Å². The van der Waals surface area contributed by atoms with Crippen molar-refractivity contribution in [3.8, 4) is 11.9 Å². The molecule has 2 aromatic rings. The molecule has 0 aromatic carbocycles. The second kappa shape index (κ2) is 5.73. The number of rotatable bonds is 3. The normalized spacial score (nSPS) is 14.3. The molecule has 1 aliphatic rings. The largest absolute Gasteiger partial charge is 0.471 e. The molecule has 22 heavy (non-hydrogen) atoms. The van der Waals surface area contributed by atoms with Gasteiger partial charge in [-0.15, -0.1) is 11.3 Å². The first-order valence-electron chi connectivity index (χ1n) is 6.83. The maximum Gasteiger partial charge on any atom is 0.266 e. The van der Waals surface area contributed by atoms with Crippen molar-refractivity contribution in [3.63, 3.8) is 0 Å². The molecule has 6 nitrogen and oxygen atoms in total. The Morgan fingerprint density at radius 3 is 2.91 bits per heavy atom. The molecule has 0 aliphatic carbocycles. The van der Waals surface area contributed by atoms with Crippen LogP contribution in [0.3, 0.4) is 0 Å². The van der Waals surface area contributed by atoms with Gasteiger partial charge in [0.1, 0.15) is 11.0 Å². The Labute approximate surface area is 132 Å². The third-order valence-electron chi connectivity index (χ3n) is 3.38. The Morgan fingerprint density at radius 1 is 1.50 bits per heavy atom. The summed E-state index contributed by atoms with van der Waals surface area (Å²) in [6.07, 6.45) is 1.46. The van der Waals surface area contributed by atoms with Crippen LogP contribution in [0.5, 0.6) is 5.88 Å². The molecule has 2 aromatic heterocycles. The molecule has 112 valence electrons. The number of carbonyl (C=O) groups excluding carboxylic acids is 1. The first kappa shape index (κ1) is 14.5. The highest BCUT2D eigenvalue weighted by Crippen LogP contribution is 2.23. The van der Waals surface area contributed by atoms with Gasteiger partial charge in [0.05, 0.1) is 35.4 Å². The zero-order valence-corrected chi connectivity index (χ0v) is 13.1. The van der Waals surface area contributed by atoms with Gasteiger partial charge < -0.3 is 9.64 Å². The second-order valence-electron chi connectivity index (χ2n) is 5.09. The van der Waals surface area contributed by atoms with Gasteiger partial charge in [-0.1, -0.05) is 0 Å². The summed E-state index contributed by atoms with van der Waals surface area (Å²) >= 11 is 1.42. The van der Waals surface area contributed by atoms with E-state index in [1.807, 2.05) is 19.9 Å². The fourth-order valence-corrected chi connectivity index (χ4v) is 3.15. The number of amides is 1. The van der Waals surface area contributed by atoms with Gasteiger partial charge in [-0.25, -0.2) is 9.97 Å². The van der Waals surface area contributed by atoms with Crippen LogP contribution in [0, 0.1) is 25.2 Å². The summed E-state index contributed by atoms with van der Waals surface area (Å²) in [7, 11) is 0. The zero-order valence-electron chi connectivity index (χ0n) is 12.2. The molecule has 0 radical (unpaired) electrons. The Kier molecular flexibility index (Phi) is 3.77. The lowest BCUT2D eigenvalue weighted by Gasteiger charge is -2.38. The fraction of sp³-hybridized carbons (Fsp3) is 0.333. The van der Waals surface area contributed by atoms with Gasteiger partial charge in [0.25, 0.3) is 5.91 Å². The molecule has 0 atom stereocenters. The quantitative estimate of drug-likeness (QED) is 0.865. The van der Waals surface area contributed by atoms with Crippen LogP contribution in [-0.2, 0) is 0 Å². The molecule has 1 saturated heterocycles. The molecule has 1 amide bonds. The number of aromatic nitrogens is 2. The average Bonchev–Trinajstić information content (AvgIpc) is 2.81. The molecule has 0 bridgehead atoms. The summed E-state index contributed by atoms with van der Waals surface area (Å²) in [5.74, 6) is 0.419. The van der Waals surface area contributed by atoms with Crippen molar-refractivity contribution in [2.45, 2.75) is 20.0 Å². The van der Waals surface area contributed by atoms with Gasteiger partial charge in [0.2, 0.25) is 5.88 Å². The molecular weight excluding hydrogens is 300 g/mol. The lowest BCUT2D eigenvalue weighted by Crippen LogP contribution is -2.56. The number of thiazole rings is 1. The number of ether oxygens (including phenoxy) is 1. The number of nitriles is 1. The van der Waals surface area contributed by atoms with Crippen molar-refractivity contribution in [1.82, 2.24) is 14.9 Å². The van der Waals surface area contributed by atoms with Crippen LogP contribution >= 0.6 is 11.3 Å². The van der Waals surface area contributed by atoms with E-state index in [4.69, 9.17) is 10.00 Å². The predicted molar refractivity (Wildman–Crippen MR) is 80.9 cm³/mol. The SMILES string of the molecule is Cc1nc(C)c(C(=O)N2CC(Oc3cc(C#N)ccn3)C2)s1. The second-order valence-corrected chi connectivity index (χ2v) is 6.30. The smallest absolute Gasteiger partial charge is 0.266 e. The van der Waals surface area contributed by atoms with Crippen LogP contribution in [0.2, 0.25) is 0 Å². The summed E-state index contributed by atoms with van der Waals surface area (Å²) < 4.78 is 5.68. The third kappa shape index (κ3) is 2.78. The molecule has 1 aliphatic heterocycles. The average molecular weight is 314 g/mol. The van der Waals surface area contributed by atoms with Gasteiger partial charge in [0.15, 0.2) is 0 Å². The van der Waals surface area contributed by atoms with Gasteiger partial charge in [-0.05, 0) is 19.9 Å². The first-order chi connectivity index (χ1) is 10.6. The minimum atomic E-state index is -0.0836. The maximum atomic E-state index is 12.3. The van der Waals surface area contributed by atoms with Gasteiger partial charge in [0, 0.05) is 12.3 Å². The van der Waals surface area contributed by atoms with E-state index in [1.165, 1.54) is 11.3 Å². The van der Waals surface area contributed by atoms with Gasteiger partial charge >= 0.3 is 0 Å². The third-order valence-corrected chi connectivity index (χ3v) is 4.45. The van der Waals surface area contributed by atoms with E-state index in [2.05, 4.69) is 9.97 Å². The highest BCUT2D eigenvalue weighted by Gasteiger charge is 2.34. The monoisotopic (exact) mass is 314 g/mol.